The van der Waals surface area contributed by atoms with E-state index in [1.54, 1.807) is 0 Å². The van der Waals surface area contributed by atoms with Gasteiger partial charge >= 0.3 is 0 Å². The molecule has 3 nitrogen and oxygen atoms in total. The Morgan fingerprint density at radius 1 is 1.44 bits per heavy atom. The maximum Gasteiger partial charge on any atom is 0.179 e. The first-order chi connectivity index (χ1) is 8.65. The van der Waals surface area contributed by atoms with E-state index in [2.05, 4.69) is 34.4 Å². The highest BCUT2D eigenvalue weighted by molar-refractivity contribution is 7.71. The van der Waals surface area contributed by atoms with Crippen molar-refractivity contribution in [2.75, 3.05) is 0 Å². The molecule has 3 rings (SSSR count). The SMILES string of the molecule is Cc1cnc2c(c1)[nH]c(=S)n2C1CCCC(C)C1. The largest absolute Gasteiger partial charge is 0.329 e. The summed E-state index contributed by atoms with van der Waals surface area (Å²) in [6.45, 7) is 4.39. The Kier molecular flexibility index (Phi) is 2.98. The predicted molar refractivity (Wildman–Crippen MR) is 76.3 cm³/mol. The first-order valence-corrected chi connectivity index (χ1v) is 7.13. The number of pyridine rings is 1. The first kappa shape index (κ1) is 11.9. The molecule has 2 atom stereocenters. The summed E-state index contributed by atoms with van der Waals surface area (Å²) in [5, 5.41) is 0. The van der Waals surface area contributed by atoms with Crippen LogP contribution in [0.3, 0.4) is 0 Å². The molecule has 0 aromatic carbocycles. The second-order valence-corrected chi connectivity index (χ2v) is 6.00. The van der Waals surface area contributed by atoms with Crippen LogP contribution in [-0.2, 0) is 0 Å². The number of fused-ring (bicyclic) bond motifs is 1. The number of H-pyrrole nitrogens is 1. The zero-order chi connectivity index (χ0) is 12.7. The van der Waals surface area contributed by atoms with Crippen molar-refractivity contribution in [1.82, 2.24) is 14.5 Å². The zero-order valence-electron chi connectivity index (χ0n) is 10.9. The van der Waals surface area contributed by atoms with Gasteiger partial charge in [-0.15, -0.1) is 0 Å². The van der Waals surface area contributed by atoms with E-state index in [1.807, 2.05) is 6.20 Å². The summed E-state index contributed by atoms with van der Waals surface area (Å²) in [4.78, 5) is 7.86. The molecule has 2 unspecified atom stereocenters. The Morgan fingerprint density at radius 2 is 2.28 bits per heavy atom. The number of rotatable bonds is 1. The fourth-order valence-corrected chi connectivity index (χ4v) is 3.44. The van der Waals surface area contributed by atoms with Gasteiger partial charge in [0.05, 0.1) is 5.52 Å². The summed E-state index contributed by atoms with van der Waals surface area (Å²) in [7, 11) is 0. The van der Waals surface area contributed by atoms with Gasteiger partial charge in [0, 0.05) is 12.2 Å². The summed E-state index contributed by atoms with van der Waals surface area (Å²) < 4.78 is 3.06. The van der Waals surface area contributed by atoms with Gasteiger partial charge in [-0.25, -0.2) is 4.98 Å². The fourth-order valence-electron chi connectivity index (χ4n) is 3.09. The Hall–Kier alpha value is -1.16. The summed E-state index contributed by atoms with van der Waals surface area (Å²) >= 11 is 5.48. The van der Waals surface area contributed by atoms with Crippen molar-refractivity contribution in [3.8, 4) is 0 Å². The van der Waals surface area contributed by atoms with Gasteiger partial charge in [-0.05, 0) is 49.5 Å². The Morgan fingerprint density at radius 3 is 3.06 bits per heavy atom. The molecule has 96 valence electrons. The van der Waals surface area contributed by atoms with Crippen LogP contribution < -0.4 is 0 Å². The number of nitrogens with zero attached hydrogens (tertiary/aromatic N) is 2. The third-order valence-corrected chi connectivity index (χ3v) is 4.26. The number of hydrogen-bond donors (Lipinski definition) is 1. The quantitative estimate of drug-likeness (QED) is 0.782. The molecular weight excluding hydrogens is 242 g/mol. The Bertz CT molecular complexity index is 625. The molecule has 1 saturated carbocycles. The van der Waals surface area contributed by atoms with E-state index in [-0.39, 0.29) is 0 Å². The van der Waals surface area contributed by atoms with Crippen LogP contribution in [0.2, 0.25) is 0 Å². The standard InChI is InChI=1S/C14H19N3S/c1-9-4-3-5-11(6-9)17-13-12(16-14(17)18)7-10(2)8-15-13/h7-9,11H,3-6H2,1-2H3,(H,16,18). The number of aryl methyl sites for hydroxylation is 1. The molecule has 4 heteroatoms. The normalized spacial score (nSPS) is 24.6. The number of aromatic nitrogens is 3. The minimum atomic E-state index is 0.519. The van der Waals surface area contributed by atoms with E-state index in [0.717, 1.165) is 21.9 Å². The second-order valence-electron chi connectivity index (χ2n) is 5.61. The molecule has 1 N–H and O–H groups in total. The third kappa shape index (κ3) is 1.99. The van der Waals surface area contributed by atoms with Gasteiger partial charge in [-0.2, -0.15) is 0 Å². The smallest absolute Gasteiger partial charge is 0.179 e. The molecule has 2 aromatic heterocycles. The van der Waals surface area contributed by atoms with Crippen molar-refractivity contribution in [2.45, 2.75) is 45.6 Å². The topological polar surface area (TPSA) is 33.6 Å². The molecule has 18 heavy (non-hydrogen) atoms. The fraction of sp³-hybridized carbons (Fsp3) is 0.571. The average Bonchev–Trinajstić information content (AvgIpc) is 2.64. The number of aromatic amines is 1. The van der Waals surface area contributed by atoms with Gasteiger partial charge in [0.25, 0.3) is 0 Å². The lowest BCUT2D eigenvalue weighted by Gasteiger charge is -2.27. The van der Waals surface area contributed by atoms with Crippen LogP contribution in [0, 0.1) is 17.6 Å². The van der Waals surface area contributed by atoms with Gasteiger partial charge in [-0.3, -0.25) is 4.57 Å². The minimum absolute atomic E-state index is 0.519. The van der Waals surface area contributed by atoms with E-state index in [4.69, 9.17) is 12.2 Å². The van der Waals surface area contributed by atoms with E-state index in [9.17, 15) is 0 Å². The maximum atomic E-state index is 5.48. The van der Waals surface area contributed by atoms with Crippen molar-refractivity contribution < 1.29 is 0 Å². The van der Waals surface area contributed by atoms with Gasteiger partial charge in [0.15, 0.2) is 10.4 Å². The van der Waals surface area contributed by atoms with Crippen LogP contribution in [0.25, 0.3) is 11.2 Å². The summed E-state index contributed by atoms with van der Waals surface area (Å²) in [5.74, 6) is 0.793. The van der Waals surface area contributed by atoms with E-state index in [1.165, 1.54) is 31.2 Å². The molecule has 0 saturated heterocycles. The van der Waals surface area contributed by atoms with Crippen molar-refractivity contribution in [3.05, 3.63) is 22.6 Å². The summed E-state index contributed by atoms with van der Waals surface area (Å²) in [6, 6.07) is 2.64. The Labute approximate surface area is 112 Å². The van der Waals surface area contributed by atoms with Gasteiger partial charge < -0.3 is 4.98 Å². The molecule has 0 bridgehead atoms. The summed E-state index contributed by atoms with van der Waals surface area (Å²) in [5.41, 5.74) is 3.26. The van der Waals surface area contributed by atoms with Crippen LogP contribution in [0.5, 0.6) is 0 Å². The van der Waals surface area contributed by atoms with Crippen molar-refractivity contribution >= 4 is 23.4 Å². The number of nitrogens with one attached hydrogen (secondary N) is 1. The van der Waals surface area contributed by atoms with E-state index in [0.29, 0.717) is 6.04 Å². The number of hydrogen-bond acceptors (Lipinski definition) is 2. The van der Waals surface area contributed by atoms with Gasteiger partial charge in [0.1, 0.15) is 0 Å². The first-order valence-electron chi connectivity index (χ1n) is 6.72. The molecular formula is C14H19N3S. The van der Waals surface area contributed by atoms with Crippen LogP contribution in [0.1, 0.15) is 44.2 Å². The maximum absolute atomic E-state index is 5.48. The predicted octanol–water partition coefficient (Wildman–Crippen LogP) is 4.15. The highest BCUT2D eigenvalue weighted by Crippen LogP contribution is 2.34. The van der Waals surface area contributed by atoms with E-state index < -0.39 is 0 Å². The highest BCUT2D eigenvalue weighted by Gasteiger charge is 2.22. The minimum Gasteiger partial charge on any atom is -0.329 e. The molecule has 1 fully saturated rings. The van der Waals surface area contributed by atoms with Crippen molar-refractivity contribution in [2.24, 2.45) is 5.92 Å². The van der Waals surface area contributed by atoms with Crippen LogP contribution in [0.4, 0.5) is 0 Å². The van der Waals surface area contributed by atoms with Crippen LogP contribution >= 0.6 is 12.2 Å². The second kappa shape index (κ2) is 4.50. The van der Waals surface area contributed by atoms with E-state index >= 15 is 0 Å². The van der Waals surface area contributed by atoms with Crippen molar-refractivity contribution in [1.29, 1.82) is 0 Å². The molecule has 0 spiro atoms. The average molecular weight is 261 g/mol. The summed E-state index contributed by atoms with van der Waals surface area (Å²) in [6.07, 6.45) is 7.01. The van der Waals surface area contributed by atoms with Crippen LogP contribution in [-0.4, -0.2) is 14.5 Å². The molecule has 1 aliphatic rings. The molecule has 0 radical (unpaired) electrons. The lowest BCUT2D eigenvalue weighted by Crippen LogP contribution is -2.18. The zero-order valence-corrected chi connectivity index (χ0v) is 11.8. The lowest BCUT2D eigenvalue weighted by molar-refractivity contribution is 0.284. The lowest BCUT2D eigenvalue weighted by atomic mass is 9.87. The van der Waals surface area contributed by atoms with Gasteiger partial charge in [-0.1, -0.05) is 19.8 Å². The molecule has 2 aromatic rings. The third-order valence-electron chi connectivity index (χ3n) is 3.97. The molecule has 0 aliphatic heterocycles. The highest BCUT2D eigenvalue weighted by atomic mass is 32.1. The number of imidazole rings is 1. The van der Waals surface area contributed by atoms with Crippen molar-refractivity contribution in [3.63, 3.8) is 0 Å². The molecule has 0 amide bonds. The van der Waals surface area contributed by atoms with Gasteiger partial charge in [0.2, 0.25) is 0 Å². The monoisotopic (exact) mass is 261 g/mol. The molecule has 1 aliphatic carbocycles. The molecule has 2 heterocycles. The Balaban J connectivity index is 2.10. The van der Waals surface area contributed by atoms with Crippen LogP contribution in [0.15, 0.2) is 12.3 Å².